The van der Waals surface area contributed by atoms with Crippen molar-refractivity contribution in [3.63, 3.8) is 0 Å². The summed E-state index contributed by atoms with van der Waals surface area (Å²) in [6.45, 7) is 6.56. The number of benzene rings is 3. The molecule has 2 atom stereocenters. The fourth-order valence-corrected chi connectivity index (χ4v) is 6.05. The minimum atomic E-state index is -0.442. The highest BCUT2D eigenvalue weighted by molar-refractivity contribution is 5.71. The average Bonchev–Trinajstić information content (AvgIpc) is 3.30. The number of esters is 1. The first kappa shape index (κ1) is 29.6. The maximum Gasteiger partial charge on any atom is 0.306 e. The summed E-state index contributed by atoms with van der Waals surface area (Å²) >= 11 is 0. The molecular formula is C34H40F2O4. The van der Waals surface area contributed by atoms with Gasteiger partial charge in [-0.05, 0) is 95.7 Å². The van der Waals surface area contributed by atoms with E-state index >= 15 is 8.78 Å². The number of ether oxygens (including phenoxy) is 3. The number of methoxy groups -OCH3 is 2. The van der Waals surface area contributed by atoms with E-state index in [1.54, 1.807) is 12.1 Å². The van der Waals surface area contributed by atoms with Crippen molar-refractivity contribution in [2.24, 2.45) is 5.41 Å². The topological polar surface area (TPSA) is 44.8 Å². The summed E-state index contributed by atoms with van der Waals surface area (Å²) in [4.78, 5) is 12.0. The van der Waals surface area contributed by atoms with Crippen LogP contribution in [0.25, 0.3) is 11.1 Å². The van der Waals surface area contributed by atoms with E-state index in [2.05, 4.69) is 20.8 Å². The third kappa shape index (κ3) is 6.65. The number of rotatable bonds is 11. The van der Waals surface area contributed by atoms with Crippen LogP contribution in [0.3, 0.4) is 0 Å². The van der Waals surface area contributed by atoms with Crippen molar-refractivity contribution in [2.45, 2.75) is 77.7 Å². The summed E-state index contributed by atoms with van der Waals surface area (Å²) in [5, 5.41) is 0. The maximum absolute atomic E-state index is 15.6. The van der Waals surface area contributed by atoms with Crippen LogP contribution in [0.4, 0.5) is 8.78 Å². The Balaban J connectivity index is 1.67. The highest BCUT2D eigenvalue weighted by Gasteiger charge is 2.37. The Hall–Kier alpha value is -3.41. The Kier molecular flexibility index (Phi) is 9.49. The first-order valence-electron chi connectivity index (χ1n) is 14.1. The van der Waals surface area contributed by atoms with Gasteiger partial charge in [-0.3, -0.25) is 4.79 Å². The average molecular weight is 551 g/mol. The van der Waals surface area contributed by atoms with Crippen LogP contribution in [-0.4, -0.2) is 20.2 Å². The molecule has 0 unspecified atom stereocenters. The number of halogens is 2. The Morgan fingerprint density at radius 1 is 1.00 bits per heavy atom. The van der Waals surface area contributed by atoms with Gasteiger partial charge in [-0.2, -0.15) is 0 Å². The highest BCUT2D eigenvalue weighted by Crippen LogP contribution is 2.51. The van der Waals surface area contributed by atoms with Gasteiger partial charge in [0.25, 0.3) is 0 Å². The van der Waals surface area contributed by atoms with Crippen molar-refractivity contribution < 1.29 is 27.8 Å². The third-order valence-electron chi connectivity index (χ3n) is 8.32. The van der Waals surface area contributed by atoms with Crippen molar-refractivity contribution in [1.29, 1.82) is 0 Å². The van der Waals surface area contributed by atoms with Crippen LogP contribution in [0, 0.1) is 17.0 Å². The molecule has 1 saturated carbocycles. The SMILES string of the molecule is CCC[C@@H](CC(=O)OC)c1cccc(OCc2cc([C@H]3CCCC3(C)C)c(-c3cc(OC)ccc3F)cc2F)c1. The number of carbonyl (C=O) groups excluding carboxylic acids is 1. The molecule has 0 aliphatic heterocycles. The second-order valence-electron chi connectivity index (χ2n) is 11.4. The van der Waals surface area contributed by atoms with Gasteiger partial charge in [0.05, 0.1) is 20.6 Å². The lowest BCUT2D eigenvalue weighted by Gasteiger charge is -2.30. The molecule has 4 rings (SSSR count). The zero-order valence-electron chi connectivity index (χ0n) is 24.2. The van der Waals surface area contributed by atoms with Crippen LogP contribution in [0.2, 0.25) is 0 Å². The van der Waals surface area contributed by atoms with Crippen molar-refractivity contribution in [3.8, 4) is 22.6 Å². The normalized spacial score (nSPS) is 16.9. The molecule has 0 saturated heterocycles. The molecule has 1 aliphatic rings. The van der Waals surface area contributed by atoms with Crippen LogP contribution >= 0.6 is 0 Å². The molecule has 1 fully saturated rings. The first-order valence-corrected chi connectivity index (χ1v) is 14.1. The van der Waals surface area contributed by atoms with Gasteiger partial charge in [-0.25, -0.2) is 8.78 Å². The summed E-state index contributed by atoms with van der Waals surface area (Å²) in [6.07, 6.45) is 5.15. The van der Waals surface area contributed by atoms with Crippen molar-refractivity contribution >= 4 is 5.97 Å². The molecule has 0 aromatic heterocycles. The molecule has 214 valence electrons. The van der Waals surface area contributed by atoms with Gasteiger partial charge >= 0.3 is 5.97 Å². The lowest BCUT2D eigenvalue weighted by molar-refractivity contribution is -0.141. The van der Waals surface area contributed by atoms with E-state index in [9.17, 15) is 4.79 Å². The zero-order chi connectivity index (χ0) is 28.9. The minimum Gasteiger partial charge on any atom is -0.497 e. The molecule has 0 heterocycles. The third-order valence-corrected chi connectivity index (χ3v) is 8.32. The van der Waals surface area contributed by atoms with Gasteiger partial charge in [0, 0.05) is 11.1 Å². The number of carbonyl (C=O) groups is 1. The van der Waals surface area contributed by atoms with Crippen LogP contribution in [-0.2, 0) is 16.1 Å². The Labute approximate surface area is 236 Å². The van der Waals surface area contributed by atoms with Crippen molar-refractivity contribution in [3.05, 3.63) is 82.9 Å². The molecule has 40 heavy (non-hydrogen) atoms. The molecule has 0 N–H and O–H groups in total. The van der Waals surface area contributed by atoms with Gasteiger partial charge < -0.3 is 14.2 Å². The van der Waals surface area contributed by atoms with Gasteiger partial charge in [0.2, 0.25) is 0 Å². The summed E-state index contributed by atoms with van der Waals surface area (Å²) < 4.78 is 47.0. The lowest BCUT2D eigenvalue weighted by atomic mass is 9.75. The predicted molar refractivity (Wildman–Crippen MR) is 154 cm³/mol. The van der Waals surface area contributed by atoms with E-state index in [0.29, 0.717) is 34.6 Å². The van der Waals surface area contributed by atoms with Gasteiger partial charge in [0.15, 0.2) is 0 Å². The molecule has 3 aromatic carbocycles. The smallest absolute Gasteiger partial charge is 0.306 e. The fourth-order valence-electron chi connectivity index (χ4n) is 6.05. The molecule has 0 bridgehead atoms. The summed E-state index contributed by atoms with van der Waals surface area (Å²) in [6, 6.07) is 15.5. The zero-order valence-corrected chi connectivity index (χ0v) is 24.2. The monoisotopic (exact) mass is 550 g/mol. The van der Waals surface area contributed by atoms with Gasteiger partial charge in [-0.15, -0.1) is 0 Å². The summed E-state index contributed by atoms with van der Waals surface area (Å²) in [5.74, 6) is 0.202. The molecule has 4 nitrogen and oxygen atoms in total. The quantitative estimate of drug-likeness (QED) is 0.224. The van der Waals surface area contributed by atoms with Crippen molar-refractivity contribution in [2.75, 3.05) is 14.2 Å². The lowest BCUT2D eigenvalue weighted by Crippen LogP contribution is -2.17. The Morgan fingerprint density at radius 3 is 2.48 bits per heavy atom. The van der Waals surface area contributed by atoms with E-state index in [1.807, 2.05) is 30.3 Å². The van der Waals surface area contributed by atoms with Gasteiger partial charge in [0.1, 0.15) is 29.7 Å². The molecular weight excluding hydrogens is 510 g/mol. The molecule has 1 aliphatic carbocycles. The van der Waals surface area contributed by atoms with E-state index in [4.69, 9.17) is 14.2 Å². The van der Waals surface area contributed by atoms with Crippen LogP contribution < -0.4 is 9.47 Å². The first-order chi connectivity index (χ1) is 19.2. The maximum atomic E-state index is 15.6. The van der Waals surface area contributed by atoms with Crippen molar-refractivity contribution in [1.82, 2.24) is 0 Å². The Bertz CT molecular complexity index is 1330. The van der Waals surface area contributed by atoms with Crippen LogP contribution in [0.1, 0.15) is 87.8 Å². The van der Waals surface area contributed by atoms with E-state index in [-0.39, 0.29) is 29.8 Å². The largest absolute Gasteiger partial charge is 0.497 e. The number of hydrogen-bond acceptors (Lipinski definition) is 4. The molecule has 0 amide bonds. The van der Waals surface area contributed by atoms with Gasteiger partial charge in [-0.1, -0.05) is 45.7 Å². The molecule has 0 spiro atoms. The highest BCUT2D eigenvalue weighted by atomic mass is 19.1. The summed E-state index contributed by atoms with van der Waals surface area (Å²) in [5.41, 5.74) is 3.25. The van der Waals surface area contributed by atoms with E-state index < -0.39 is 11.6 Å². The van der Waals surface area contributed by atoms with E-state index in [0.717, 1.165) is 43.2 Å². The predicted octanol–water partition coefficient (Wildman–Crippen LogP) is 8.96. The molecule has 3 aromatic rings. The number of hydrogen-bond donors (Lipinski definition) is 0. The standard InChI is InChI=1S/C34H40F2O4/c1-6-9-22(18-33(37)39-5)23-10-7-11-26(16-23)40-21-24-17-28(30-12-8-15-34(30,2)3)27(20-32(24)36)29-19-25(38-4)13-14-31(29)35/h7,10-11,13-14,16-17,19-20,22,30H,6,8-9,12,15,18,21H2,1-5H3/t22-,30+/m0/s1. The van der Waals surface area contributed by atoms with E-state index in [1.165, 1.54) is 26.4 Å². The fraction of sp³-hybridized carbons (Fsp3) is 0.441. The van der Waals surface area contributed by atoms with Crippen LogP contribution in [0.5, 0.6) is 11.5 Å². The second-order valence-corrected chi connectivity index (χ2v) is 11.4. The second kappa shape index (κ2) is 12.8. The molecule has 6 heteroatoms. The minimum absolute atomic E-state index is 0.00229. The summed E-state index contributed by atoms with van der Waals surface area (Å²) in [7, 11) is 2.93. The molecule has 0 radical (unpaired) electrons. The van der Waals surface area contributed by atoms with Crippen LogP contribution in [0.15, 0.2) is 54.6 Å². The Morgan fingerprint density at radius 2 is 1.80 bits per heavy atom.